The highest BCUT2D eigenvalue weighted by molar-refractivity contribution is 5.45. The van der Waals surface area contributed by atoms with Crippen LogP contribution in [0.5, 0.6) is 0 Å². The van der Waals surface area contributed by atoms with Gasteiger partial charge in [0.05, 0.1) is 0 Å². The second-order valence-electron chi connectivity index (χ2n) is 7.19. The van der Waals surface area contributed by atoms with Gasteiger partial charge in [-0.25, -0.2) is 9.67 Å². The van der Waals surface area contributed by atoms with Crippen LogP contribution < -0.4 is 15.1 Å². The molecule has 0 aliphatic carbocycles. The summed E-state index contributed by atoms with van der Waals surface area (Å²) in [7, 11) is 0. The van der Waals surface area contributed by atoms with Gasteiger partial charge < -0.3 is 15.1 Å². The van der Waals surface area contributed by atoms with Crippen molar-refractivity contribution < 1.29 is 0 Å². The van der Waals surface area contributed by atoms with Gasteiger partial charge in [0.2, 0.25) is 5.95 Å². The third kappa shape index (κ3) is 4.19. The Kier molecular flexibility index (Phi) is 5.31. The Morgan fingerprint density at radius 3 is 2.39 bits per heavy atom. The van der Waals surface area contributed by atoms with E-state index in [0.29, 0.717) is 11.7 Å². The van der Waals surface area contributed by atoms with Crippen molar-refractivity contribution in [2.75, 3.05) is 47.8 Å². The number of hydrogen-bond acceptors (Lipinski definition) is 8. The molecule has 1 saturated heterocycles. The Morgan fingerprint density at radius 2 is 1.71 bits per heavy atom. The Morgan fingerprint density at radius 1 is 0.964 bits per heavy atom. The molecular formula is C19H25N9. The molecule has 0 aromatic carbocycles. The molecule has 0 amide bonds. The summed E-state index contributed by atoms with van der Waals surface area (Å²) in [5.74, 6) is 3.81. The van der Waals surface area contributed by atoms with Crippen molar-refractivity contribution in [3.63, 3.8) is 0 Å². The monoisotopic (exact) mass is 379 g/mol. The van der Waals surface area contributed by atoms with Crippen molar-refractivity contribution in [1.29, 1.82) is 0 Å². The fourth-order valence-electron chi connectivity index (χ4n) is 3.06. The van der Waals surface area contributed by atoms with E-state index in [1.807, 2.05) is 36.7 Å². The van der Waals surface area contributed by atoms with Crippen LogP contribution in [0.2, 0.25) is 0 Å². The predicted octanol–water partition coefficient (Wildman–Crippen LogP) is 1.85. The summed E-state index contributed by atoms with van der Waals surface area (Å²) in [4.78, 5) is 13.5. The van der Waals surface area contributed by atoms with E-state index >= 15 is 0 Å². The molecule has 1 aliphatic heterocycles. The fraction of sp³-hybridized carbons (Fsp3) is 0.421. The smallest absolute Gasteiger partial charge is 0.227 e. The van der Waals surface area contributed by atoms with Crippen LogP contribution in [-0.2, 0) is 0 Å². The molecule has 3 aromatic rings. The summed E-state index contributed by atoms with van der Waals surface area (Å²) in [6, 6.07) is 7.71. The highest BCUT2D eigenvalue weighted by Gasteiger charge is 2.20. The van der Waals surface area contributed by atoms with Crippen LogP contribution in [0.25, 0.3) is 5.82 Å². The van der Waals surface area contributed by atoms with Gasteiger partial charge in [0.25, 0.3) is 0 Å². The number of piperazine rings is 1. The van der Waals surface area contributed by atoms with Crippen molar-refractivity contribution in [2.24, 2.45) is 5.92 Å². The molecule has 146 valence electrons. The third-order valence-corrected chi connectivity index (χ3v) is 4.60. The predicted molar refractivity (Wildman–Crippen MR) is 109 cm³/mol. The van der Waals surface area contributed by atoms with E-state index in [0.717, 1.165) is 50.3 Å². The van der Waals surface area contributed by atoms with Crippen LogP contribution in [0.1, 0.15) is 13.8 Å². The lowest BCUT2D eigenvalue weighted by molar-refractivity contribution is 0.629. The van der Waals surface area contributed by atoms with Crippen molar-refractivity contribution in [2.45, 2.75) is 13.8 Å². The van der Waals surface area contributed by atoms with E-state index < -0.39 is 0 Å². The van der Waals surface area contributed by atoms with Crippen molar-refractivity contribution in [1.82, 2.24) is 29.9 Å². The average molecular weight is 379 g/mol. The van der Waals surface area contributed by atoms with Gasteiger partial charge in [0.1, 0.15) is 5.82 Å². The van der Waals surface area contributed by atoms with E-state index in [1.54, 1.807) is 10.9 Å². The number of nitrogens with one attached hydrogen (secondary N) is 1. The first kappa shape index (κ1) is 18.1. The highest BCUT2D eigenvalue weighted by atomic mass is 15.4. The lowest BCUT2D eigenvalue weighted by Crippen LogP contribution is -2.47. The van der Waals surface area contributed by atoms with Gasteiger partial charge in [-0.2, -0.15) is 10.1 Å². The molecule has 0 atom stereocenters. The molecule has 9 nitrogen and oxygen atoms in total. The molecule has 0 bridgehead atoms. The van der Waals surface area contributed by atoms with Crippen LogP contribution in [0.15, 0.2) is 42.9 Å². The topological polar surface area (TPSA) is 87.9 Å². The maximum absolute atomic E-state index is 4.65. The normalized spacial score (nSPS) is 14.5. The Labute approximate surface area is 164 Å². The Hall–Kier alpha value is -3.23. The zero-order chi connectivity index (χ0) is 19.3. The SMILES string of the molecule is CC(C)CNc1ccnc(N2CCN(c3ccc(-n4cccn4)nn3)CC2)n1. The fourth-order valence-corrected chi connectivity index (χ4v) is 3.06. The maximum Gasteiger partial charge on any atom is 0.227 e. The molecular weight excluding hydrogens is 354 g/mol. The molecule has 4 rings (SSSR count). The lowest BCUT2D eigenvalue weighted by Gasteiger charge is -2.35. The van der Waals surface area contributed by atoms with Crippen LogP contribution in [-0.4, -0.2) is 62.7 Å². The summed E-state index contributed by atoms with van der Waals surface area (Å²) in [6.45, 7) is 8.65. The summed E-state index contributed by atoms with van der Waals surface area (Å²) < 4.78 is 1.70. The molecule has 0 spiro atoms. The quantitative estimate of drug-likeness (QED) is 0.694. The first-order valence-electron chi connectivity index (χ1n) is 9.59. The van der Waals surface area contributed by atoms with Crippen LogP contribution in [0.4, 0.5) is 17.6 Å². The number of hydrogen-bond donors (Lipinski definition) is 1. The molecule has 0 saturated carbocycles. The number of aromatic nitrogens is 6. The van der Waals surface area contributed by atoms with E-state index in [4.69, 9.17) is 0 Å². The standard InChI is InChI=1S/C19H25N9/c1-15(2)14-21-16-6-8-20-19(23-16)27-12-10-26(11-13-27)17-4-5-18(25-24-17)28-9-3-7-22-28/h3-9,15H,10-14H2,1-2H3,(H,20,21,23). The molecule has 28 heavy (non-hydrogen) atoms. The minimum absolute atomic E-state index is 0.572. The first-order valence-corrected chi connectivity index (χ1v) is 9.59. The largest absolute Gasteiger partial charge is 0.370 e. The molecule has 0 radical (unpaired) electrons. The second-order valence-corrected chi connectivity index (χ2v) is 7.19. The summed E-state index contributed by atoms with van der Waals surface area (Å²) >= 11 is 0. The van der Waals surface area contributed by atoms with Gasteiger partial charge >= 0.3 is 0 Å². The first-order chi connectivity index (χ1) is 13.7. The molecule has 1 aliphatic rings. The minimum Gasteiger partial charge on any atom is -0.370 e. The molecule has 4 heterocycles. The van der Waals surface area contributed by atoms with E-state index in [2.05, 4.69) is 54.2 Å². The lowest BCUT2D eigenvalue weighted by atomic mass is 10.2. The van der Waals surface area contributed by atoms with Gasteiger partial charge in [-0.1, -0.05) is 13.8 Å². The highest BCUT2D eigenvalue weighted by Crippen LogP contribution is 2.17. The Bertz CT molecular complexity index is 869. The molecule has 3 aromatic heterocycles. The van der Waals surface area contributed by atoms with Crippen LogP contribution >= 0.6 is 0 Å². The molecule has 0 unspecified atom stereocenters. The zero-order valence-electron chi connectivity index (χ0n) is 16.2. The van der Waals surface area contributed by atoms with Gasteiger partial charge in [0.15, 0.2) is 11.6 Å². The number of rotatable bonds is 6. The second kappa shape index (κ2) is 8.20. The Balaban J connectivity index is 1.36. The van der Waals surface area contributed by atoms with Crippen molar-refractivity contribution >= 4 is 17.6 Å². The minimum atomic E-state index is 0.572. The number of nitrogens with zero attached hydrogens (tertiary/aromatic N) is 8. The van der Waals surface area contributed by atoms with E-state index in [1.165, 1.54) is 0 Å². The van der Waals surface area contributed by atoms with Crippen molar-refractivity contribution in [3.8, 4) is 5.82 Å². The van der Waals surface area contributed by atoms with Gasteiger partial charge in [-0.15, -0.1) is 10.2 Å². The summed E-state index contributed by atoms with van der Waals surface area (Å²) in [5.41, 5.74) is 0. The van der Waals surface area contributed by atoms with Gasteiger partial charge in [-0.05, 0) is 30.2 Å². The molecule has 1 N–H and O–H groups in total. The third-order valence-electron chi connectivity index (χ3n) is 4.60. The van der Waals surface area contributed by atoms with Crippen LogP contribution in [0, 0.1) is 5.92 Å². The van der Waals surface area contributed by atoms with Gasteiger partial charge in [-0.3, -0.25) is 0 Å². The van der Waals surface area contributed by atoms with E-state index in [9.17, 15) is 0 Å². The summed E-state index contributed by atoms with van der Waals surface area (Å²) in [5, 5.41) is 16.2. The van der Waals surface area contributed by atoms with E-state index in [-0.39, 0.29) is 0 Å². The van der Waals surface area contributed by atoms with Gasteiger partial charge in [0, 0.05) is 51.3 Å². The number of anilines is 3. The molecule has 9 heteroatoms. The maximum atomic E-state index is 4.65. The average Bonchev–Trinajstić information content (AvgIpc) is 3.28. The molecule has 1 fully saturated rings. The van der Waals surface area contributed by atoms with Crippen LogP contribution in [0.3, 0.4) is 0 Å². The zero-order valence-corrected chi connectivity index (χ0v) is 16.2. The van der Waals surface area contributed by atoms with Crippen molar-refractivity contribution in [3.05, 3.63) is 42.9 Å². The summed E-state index contributed by atoms with van der Waals surface area (Å²) in [6.07, 6.45) is 5.40.